The number of halogens is 2. The highest BCUT2D eigenvalue weighted by atomic mass is 35.5. The molecule has 2 aliphatic heterocycles. The Morgan fingerprint density at radius 2 is 1.54 bits per heavy atom. The quantitative estimate of drug-likeness (QED) is 0.169. The number of anilines is 2. The highest BCUT2D eigenvalue weighted by Crippen LogP contribution is 2.64. The van der Waals surface area contributed by atoms with Crippen molar-refractivity contribution in [3.05, 3.63) is 106 Å². The number of carboxylic acid groups (broad SMARTS) is 1. The summed E-state index contributed by atoms with van der Waals surface area (Å²) in [5, 5.41) is 31.4. The van der Waals surface area contributed by atoms with Crippen LogP contribution in [0.5, 0.6) is 11.5 Å². The van der Waals surface area contributed by atoms with E-state index in [0.717, 1.165) is 28.0 Å². The summed E-state index contributed by atoms with van der Waals surface area (Å²) in [6.45, 7) is 1.72. The summed E-state index contributed by atoms with van der Waals surface area (Å²) >= 11 is 6.09. The zero-order valence-electron chi connectivity index (χ0n) is 26.3. The van der Waals surface area contributed by atoms with Crippen molar-refractivity contribution in [1.29, 1.82) is 0 Å². The molecule has 12 heteroatoms. The van der Waals surface area contributed by atoms with Gasteiger partial charge in [0.25, 0.3) is 0 Å². The minimum absolute atomic E-state index is 0.0201. The number of carbonyl (C=O) groups excluding carboxylic acids is 4. The number of nitrogens with zero attached hydrogens (tertiary/aromatic N) is 2. The van der Waals surface area contributed by atoms with Crippen molar-refractivity contribution in [3.8, 4) is 11.5 Å². The van der Waals surface area contributed by atoms with Gasteiger partial charge in [0, 0.05) is 17.4 Å². The molecule has 4 amide bonds. The summed E-state index contributed by atoms with van der Waals surface area (Å²) in [5.41, 5.74) is -0.283. The minimum atomic E-state index is -1.39. The molecule has 0 bridgehead atoms. The molecule has 2 heterocycles. The van der Waals surface area contributed by atoms with Gasteiger partial charge in [0.1, 0.15) is 22.9 Å². The Kier molecular flexibility index (Phi) is 6.96. The molecule has 6 atom stereocenters. The molecule has 10 nitrogen and oxygen atoms in total. The number of allylic oxidation sites excluding steroid dienone is 2. The minimum Gasteiger partial charge on any atom is -0.507 e. The van der Waals surface area contributed by atoms with Crippen LogP contribution in [0.3, 0.4) is 0 Å². The van der Waals surface area contributed by atoms with Crippen molar-refractivity contribution in [3.63, 3.8) is 0 Å². The number of aromatic hydroxyl groups is 2. The molecule has 4 aromatic carbocycles. The number of hydrogen-bond acceptors (Lipinski definition) is 7. The molecule has 2 aliphatic carbocycles. The summed E-state index contributed by atoms with van der Waals surface area (Å²) in [5.74, 6) is -8.94. The van der Waals surface area contributed by atoms with E-state index in [4.69, 9.17) is 11.6 Å². The van der Waals surface area contributed by atoms with Crippen LogP contribution in [0.2, 0.25) is 5.02 Å². The van der Waals surface area contributed by atoms with Crippen LogP contribution in [0, 0.1) is 34.9 Å². The molecule has 6 unspecified atom stereocenters. The summed E-state index contributed by atoms with van der Waals surface area (Å²) in [6, 6.07) is 17.5. The van der Waals surface area contributed by atoms with Gasteiger partial charge in [-0.15, -0.1) is 0 Å². The third-order valence-electron chi connectivity index (χ3n) is 11.2. The monoisotopic (exact) mass is 694 g/mol. The number of fused-ring (bicyclic) bond motifs is 5. The van der Waals surface area contributed by atoms with Crippen molar-refractivity contribution in [2.45, 2.75) is 25.7 Å². The van der Waals surface area contributed by atoms with Crippen LogP contribution >= 0.6 is 11.6 Å². The number of imide groups is 2. The Bertz CT molecular complexity index is 2270. The Morgan fingerprint density at radius 1 is 0.840 bits per heavy atom. The van der Waals surface area contributed by atoms with Gasteiger partial charge < -0.3 is 15.3 Å². The molecule has 1 saturated carbocycles. The number of carbonyl (C=O) groups is 5. The maximum absolute atomic E-state index is 14.7. The maximum atomic E-state index is 14.7. The fraction of sp³-hybridized carbons (Fsp3) is 0.237. The topological polar surface area (TPSA) is 153 Å². The summed E-state index contributed by atoms with van der Waals surface area (Å²) in [4.78, 5) is 70.9. The van der Waals surface area contributed by atoms with E-state index < -0.39 is 76.2 Å². The standard InChI is InChI=1S/C38H28ClFN2O8/c1-38-26(34(46)42(37(38)50)17-7-12-28(40)27(39)14-17)16-25-22(32(38)21-11-13-29(43)20-5-3-2-4-19(20)21)9-10-24-31(25)35(47)41(33(24)45)18-6-8-23(36(48)49)30(44)15-18/h2-9,11-15,24-26,31-32,43-44H,10,16H2,1H3,(H,48,49). The van der Waals surface area contributed by atoms with Gasteiger partial charge in [-0.3, -0.25) is 19.2 Å². The number of amides is 4. The van der Waals surface area contributed by atoms with E-state index in [9.17, 15) is 43.7 Å². The van der Waals surface area contributed by atoms with Crippen molar-refractivity contribution in [2.24, 2.45) is 29.1 Å². The van der Waals surface area contributed by atoms with Crippen LogP contribution < -0.4 is 9.80 Å². The van der Waals surface area contributed by atoms with E-state index >= 15 is 0 Å². The number of phenols is 2. The molecule has 0 aromatic heterocycles. The SMILES string of the molecule is CC12C(=O)N(c3ccc(F)c(Cl)c3)C(=O)C1CC1C(=CCC3C(=O)N(c4ccc(C(=O)O)c(O)c4)C(=O)C31)C2c1ccc(O)c2ccccc12. The van der Waals surface area contributed by atoms with Gasteiger partial charge in [-0.05, 0) is 73.0 Å². The Balaban J connectivity index is 1.29. The van der Waals surface area contributed by atoms with E-state index in [1.54, 1.807) is 31.2 Å². The molecule has 0 radical (unpaired) electrons. The van der Waals surface area contributed by atoms with Crippen LogP contribution in [0.25, 0.3) is 10.8 Å². The van der Waals surface area contributed by atoms with Gasteiger partial charge in [-0.1, -0.05) is 53.6 Å². The number of benzene rings is 4. The second kappa shape index (κ2) is 11.0. The first-order chi connectivity index (χ1) is 23.8. The third-order valence-corrected chi connectivity index (χ3v) is 11.4. The van der Waals surface area contributed by atoms with Gasteiger partial charge >= 0.3 is 5.97 Å². The first kappa shape index (κ1) is 31.7. The molecule has 4 aliphatic rings. The number of hydrogen-bond donors (Lipinski definition) is 3. The van der Waals surface area contributed by atoms with E-state index in [-0.39, 0.29) is 40.6 Å². The van der Waals surface area contributed by atoms with E-state index in [2.05, 4.69) is 0 Å². The number of rotatable bonds is 4. The first-order valence-corrected chi connectivity index (χ1v) is 16.4. The predicted molar refractivity (Wildman–Crippen MR) is 179 cm³/mol. The highest BCUT2D eigenvalue weighted by Gasteiger charge is 2.67. The van der Waals surface area contributed by atoms with Gasteiger partial charge in [0.15, 0.2) is 0 Å². The maximum Gasteiger partial charge on any atom is 0.339 e. The number of aromatic carboxylic acids is 1. The molecular weight excluding hydrogens is 667 g/mol. The normalized spacial score (nSPS) is 27.3. The molecule has 8 rings (SSSR count). The lowest BCUT2D eigenvalue weighted by Crippen LogP contribution is -2.49. The molecule has 3 N–H and O–H groups in total. The second-order valence-electron chi connectivity index (χ2n) is 13.5. The summed E-state index contributed by atoms with van der Waals surface area (Å²) in [6.07, 6.45) is 2.10. The first-order valence-electron chi connectivity index (χ1n) is 16.0. The second-order valence-corrected chi connectivity index (χ2v) is 13.9. The third kappa shape index (κ3) is 4.22. The van der Waals surface area contributed by atoms with Crippen molar-refractivity contribution < 1.29 is 43.7 Å². The Labute approximate surface area is 289 Å². The smallest absolute Gasteiger partial charge is 0.339 e. The summed E-state index contributed by atoms with van der Waals surface area (Å²) < 4.78 is 14.2. The fourth-order valence-electron chi connectivity index (χ4n) is 8.88. The van der Waals surface area contributed by atoms with E-state index in [0.29, 0.717) is 21.9 Å². The zero-order chi connectivity index (χ0) is 35.4. The van der Waals surface area contributed by atoms with Gasteiger partial charge in [-0.25, -0.2) is 19.0 Å². The van der Waals surface area contributed by atoms with Gasteiger partial charge in [0.05, 0.1) is 39.6 Å². The van der Waals surface area contributed by atoms with Crippen LogP contribution in [-0.4, -0.2) is 44.9 Å². The van der Waals surface area contributed by atoms with Crippen LogP contribution in [-0.2, 0) is 19.2 Å². The number of carboxylic acids is 1. The van der Waals surface area contributed by atoms with E-state index in [1.165, 1.54) is 24.3 Å². The molecule has 50 heavy (non-hydrogen) atoms. The van der Waals surface area contributed by atoms with Gasteiger partial charge in [-0.2, -0.15) is 0 Å². The Morgan fingerprint density at radius 3 is 2.24 bits per heavy atom. The fourth-order valence-corrected chi connectivity index (χ4v) is 9.06. The van der Waals surface area contributed by atoms with Gasteiger partial charge in [0.2, 0.25) is 23.6 Å². The van der Waals surface area contributed by atoms with Crippen LogP contribution in [0.4, 0.5) is 15.8 Å². The van der Waals surface area contributed by atoms with Crippen molar-refractivity contribution in [1.82, 2.24) is 0 Å². The average Bonchev–Trinajstić information content (AvgIpc) is 3.46. The molecular formula is C38H28ClFN2O8. The molecule has 3 fully saturated rings. The average molecular weight is 695 g/mol. The lowest BCUT2D eigenvalue weighted by Gasteiger charge is -2.49. The molecule has 2 saturated heterocycles. The molecule has 0 spiro atoms. The van der Waals surface area contributed by atoms with Crippen molar-refractivity contribution in [2.75, 3.05) is 9.80 Å². The number of phenolic OH excluding ortho intramolecular Hbond substituents is 1. The van der Waals surface area contributed by atoms with E-state index in [1.807, 2.05) is 12.1 Å². The zero-order valence-corrected chi connectivity index (χ0v) is 27.1. The lowest BCUT2D eigenvalue weighted by molar-refractivity contribution is -0.131. The highest BCUT2D eigenvalue weighted by molar-refractivity contribution is 6.32. The van der Waals surface area contributed by atoms with Crippen LogP contribution in [0.15, 0.2) is 84.4 Å². The molecule has 4 aromatic rings. The molecule has 252 valence electrons. The lowest BCUT2D eigenvalue weighted by atomic mass is 9.51. The predicted octanol–water partition coefficient (Wildman–Crippen LogP) is 6.18. The largest absolute Gasteiger partial charge is 0.507 e. The summed E-state index contributed by atoms with van der Waals surface area (Å²) in [7, 11) is 0. The van der Waals surface area contributed by atoms with Crippen molar-refractivity contribution >= 4 is 63.3 Å². The van der Waals surface area contributed by atoms with Crippen LogP contribution in [0.1, 0.15) is 41.6 Å². The Hall–Kier alpha value is -5.55.